The van der Waals surface area contributed by atoms with Gasteiger partial charge in [-0.3, -0.25) is 14.4 Å². The first kappa shape index (κ1) is 24.2. The minimum Gasteiger partial charge on any atom is -0.465 e. The van der Waals surface area contributed by atoms with Crippen LogP contribution in [0.2, 0.25) is 0 Å². The van der Waals surface area contributed by atoms with Crippen molar-refractivity contribution < 1.29 is 23.9 Å². The third-order valence-corrected chi connectivity index (χ3v) is 9.66. The highest BCUT2D eigenvalue weighted by Gasteiger charge is 2.57. The Morgan fingerprint density at radius 1 is 1.03 bits per heavy atom. The molecule has 0 bridgehead atoms. The second kappa shape index (κ2) is 9.38. The van der Waals surface area contributed by atoms with Gasteiger partial charge in [-0.25, -0.2) is 0 Å². The summed E-state index contributed by atoms with van der Waals surface area (Å²) >= 11 is 0. The van der Waals surface area contributed by atoms with E-state index in [1.165, 1.54) is 24.8 Å². The van der Waals surface area contributed by atoms with Crippen molar-refractivity contribution in [3.63, 3.8) is 0 Å². The largest absolute Gasteiger partial charge is 0.465 e. The molecule has 2 saturated carbocycles. The smallest absolute Gasteiger partial charge is 0.320 e. The van der Waals surface area contributed by atoms with Gasteiger partial charge in [-0.2, -0.15) is 0 Å². The zero-order chi connectivity index (χ0) is 23.8. The van der Waals surface area contributed by atoms with E-state index in [-0.39, 0.29) is 29.8 Å². The van der Waals surface area contributed by atoms with E-state index in [4.69, 9.17) is 9.47 Å². The topological polar surface area (TPSA) is 69.7 Å². The van der Waals surface area contributed by atoms with Gasteiger partial charge in [0.2, 0.25) is 0 Å². The highest BCUT2D eigenvalue weighted by Crippen LogP contribution is 2.65. The molecule has 0 aromatic heterocycles. The molecule has 4 aliphatic carbocycles. The van der Waals surface area contributed by atoms with Gasteiger partial charge in [0.05, 0.1) is 13.2 Å². The molecule has 0 aliphatic heterocycles. The van der Waals surface area contributed by atoms with E-state index >= 15 is 0 Å². The van der Waals surface area contributed by atoms with Crippen LogP contribution in [0, 0.1) is 40.4 Å². The van der Waals surface area contributed by atoms with E-state index < -0.39 is 17.9 Å². The van der Waals surface area contributed by atoms with Crippen LogP contribution in [0.15, 0.2) is 23.8 Å². The molecule has 0 saturated heterocycles. The fourth-order valence-electron chi connectivity index (χ4n) is 7.77. The molecule has 5 unspecified atom stereocenters. The Bertz CT molecular complexity index is 838. The first-order valence-electron chi connectivity index (χ1n) is 13.0. The summed E-state index contributed by atoms with van der Waals surface area (Å²) in [6.07, 6.45) is 14.2. The predicted octanol–water partition coefficient (Wildman–Crippen LogP) is 5.43. The van der Waals surface area contributed by atoms with Crippen LogP contribution in [0.4, 0.5) is 0 Å². The lowest BCUT2D eigenvalue weighted by Crippen LogP contribution is -2.49. The van der Waals surface area contributed by atoms with Crippen molar-refractivity contribution in [1.29, 1.82) is 0 Å². The average molecular weight is 457 g/mol. The number of carbonyl (C=O) groups is 3. The number of esters is 2. The SMILES string of the molecule is CCOC(=O)C(CCC1CCC2C3C=CC4=CC(=O)CC[C@]4(C)C3CCC12C)C(=O)OCC. The molecule has 0 radical (unpaired) electrons. The summed E-state index contributed by atoms with van der Waals surface area (Å²) in [7, 11) is 0. The summed E-state index contributed by atoms with van der Waals surface area (Å²) in [5, 5.41) is 0. The van der Waals surface area contributed by atoms with Crippen molar-refractivity contribution in [3.8, 4) is 0 Å². The number of hydrogen-bond acceptors (Lipinski definition) is 5. The monoisotopic (exact) mass is 456 g/mol. The third-order valence-electron chi connectivity index (χ3n) is 9.66. The van der Waals surface area contributed by atoms with Crippen LogP contribution < -0.4 is 0 Å². The third kappa shape index (κ3) is 4.21. The Morgan fingerprint density at radius 2 is 1.73 bits per heavy atom. The summed E-state index contributed by atoms with van der Waals surface area (Å²) in [4.78, 5) is 36.9. The molecule has 6 atom stereocenters. The molecule has 0 heterocycles. The van der Waals surface area contributed by atoms with Crippen LogP contribution in [0.25, 0.3) is 0 Å². The lowest BCUT2D eigenvalue weighted by molar-refractivity contribution is -0.162. The van der Waals surface area contributed by atoms with Crippen molar-refractivity contribution in [2.45, 2.75) is 79.1 Å². The van der Waals surface area contributed by atoms with Gasteiger partial charge in [0, 0.05) is 6.42 Å². The van der Waals surface area contributed by atoms with E-state index in [1.807, 2.05) is 6.08 Å². The fraction of sp³-hybridized carbons (Fsp3) is 0.750. The van der Waals surface area contributed by atoms with Gasteiger partial charge in [-0.05, 0) is 105 Å². The molecular formula is C28H40O5. The Balaban J connectivity index is 1.49. The number of hydrogen-bond donors (Lipinski definition) is 0. The molecule has 0 aromatic rings. The predicted molar refractivity (Wildman–Crippen MR) is 126 cm³/mol. The van der Waals surface area contributed by atoms with Gasteiger partial charge >= 0.3 is 11.9 Å². The Morgan fingerprint density at radius 3 is 2.39 bits per heavy atom. The normalized spacial score (nSPS) is 37.1. The quantitative estimate of drug-likeness (QED) is 0.377. The maximum atomic E-state index is 12.4. The number of carbonyl (C=O) groups excluding carboxylic acids is 3. The minimum absolute atomic E-state index is 0.117. The number of rotatable bonds is 7. The van der Waals surface area contributed by atoms with Crippen LogP contribution in [-0.2, 0) is 23.9 Å². The molecule has 4 aliphatic rings. The van der Waals surface area contributed by atoms with E-state index in [0.717, 1.165) is 19.3 Å². The summed E-state index contributed by atoms with van der Waals surface area (Å²) in [5.74, 6) is 0.829. The van der Waals surface area contributed by atoms with Crippen LogP contribution in [0.1, 0.15) is 79.1 Å². The maximum Gasteiger partial charge on any atom is 0.320 e. The lowest BCUT2D eigenvalue weighted by Gasteiger charge is -2.56. The molecule has 5 heteroatoms. The Hall–Kier alpha value is -1.91. The molecule has 2 fully saturated rings. The van der Waals surface area contributed by atoms with Gasteiger partial charge in [0.25, 0.3) is 0 Å². The summed E-state index contributed by atoms with van der Waals surface area (Å²) < 4.78 is 10.4. The first-order valence-corrected chi connectivity index (χ1v) is 13.0. The van der Waals surface area contributed by atoms with Crippen molar-refractivity contribution in [1.82, 2.24) is 0 Å². The molecule has 4 rings (SSSR count). The Labute approximate surface area is 198 Å². The molecule has 0 aromatic carbocycles. The van der Waals surface area contributed by atoms with Crippen molar-refractivity contribution >= 4 is 17.7 Å². The van der Waals surface area contributed by atoms with Crippen molar-refractivity contribution in [2.75, 3.05) is 13.2 Å². The first-order chi connectivity index (χ1) is 15.7. The second-order valence-electron chi connectivity index (χ2n) is 11.1. The average Bonchev–Trinajstić information content (AvgIpc) is 3.11. The summed E-state index contributed by atoms with van der Waals surface area (Å²) in [6, 6.07) is 0. The molecule has 5 nitrogen and oxygen atoms in total. The van der Waals surface area contributed by atoms with Gasteiger partial charge in [0.15, 0.2) is 11.7 Å². The van der Waals surface area contributed by atoms with E-state index in [2.05, 4.69) is 26.0 Å². The highest BCUT2D eigenvalue weighted by atomic mass is 16.6. The van der Waals surface area contributed by atoms with Crippen LogP contribution >= 0.6 is 0 Å². The zero-order valence-corrected chi connectivity index (χ0v) is 20.7. The highest BCUT2D eigenvalue weighted by molar-refractivity contribution is 5.94. The van der Waals surface area contributed by atoms with Crippen LogP contribution in [0.5, 0.6) is 0 Å². The van der Waals surface area contributed by atoms with E-state index in [9.17, 15) is 14.4 Å². The van der Waals surface area contributed by atoms with Gasteiger partial charge in [-0.15, -0.1) is 0 Å². The van der Waals surface area contributed by atoms with Crippen LogP contribution in [0.3, 0.4) is 0 Å². The number of allylic oxidation sites excluding steroid dienone is 4. The molecule has 182 valence electrons. The van der Waals surface area contributed by atoms with E-state index in [0.29, 0.717) is 36.5 Å². The molecule has 33 heavy (non-hydrogen) atoms. The maximum absolute atomic E-state index is 12.4. The van der Waals surface area contributed by atoms with E-state index in [1.54, 1.807) is 13.8 Å². The van der Waals surface area contributed by atoms with Gasteiger partial charge in [-0.1, -0.05) is 26.0 Å². The molecule has 0 spiro atoms. The standard InChI is InChI=1S/C28H40O5/c1-5-32-25(30)22(26(31)33-6-2)11-7-18-9-12-23-21-10-8-19-17-20(29)13-15-28(19,4)24(21)14-16-27(18,23)3/h8,10,17-18,21-24H,5-7,9,11-16H2,1-4H3/t18?,21?,23?,24?,27?,28-/m0/s1. The number of ether oxygens (including phenoxy) is 2. The van der Waals surface area contributed by atoms with Crippen LogP contribution in [-0.4, -0.2) is 30.9 Å². The Kier molecular flexibility index (Phi) is 6.89. The second-order valence-corrected chi connectivity index (χ2v) is 11.1. The van der Waals surface area contributed by atoms with Crippen molar-refractivity contribution in [2.24, 2.45) is 40.4 Å². The number of ketones is 1. The molecule has 0 N–H and O–H groups in total. The van der Waals surface area contributed by atoms with Gasteiger partial charge in [0.1, 0.15) is 0 Å². The van der Waals surface area contributed by atoms with Gasteiger partial charge < -0.3 is 9.47 Å². The minimum atomic E-state index is -0.815. The molecule has 0 amide bonds. The van der Waals surface area contributed by atoms with Crippen molar-refractivity contribution in [3.05, 3.63) is 23.8 Å². The summed E-state index contributed by atoms with van der Waals surface area (Å²) in [5.41, 5.74) is 1.58. The zero-order valence-electron chi connectivity index (χ0n) is 20.7. The number of fused-ring (bicyclic) bond motifs is 5. The summed E-state index contributed by atoms with van der Waals surface area (Å²) in [6.45, 7) is 8.90. The molecular weight excluding hydrogens is 416 g/mol. The lowest BCUT2D eigenvalue weighted by atomic mass is 9.48. The fourth-order valence-corrected chi connectivity index (χ4v) is 7.77.